The van der Waals surface area contributed by atoms with Crippen LogP contribution >= 0.6 is 11.3 Å². The highest BCUT2D eigenvalue weighted by Crippen LogP contribution is 2.57. The largest absolute Gasteiger partial charge is 0.481 e. The maximum Gasteiger partial charge on any atom is 0.310 e. The molecule has 2 aromatic carbocycles. The maximum atomic E-state index is 13.9. The van der Waals surface area contributed by atoms with Gasteiger partial charge >= 0.3 is 5.97 Å². The highest BCUT2D eigenvalue weighted by Gasteiger charge is 2.61. The second-order valence-electron chi connectivity index (χ2n) is 12.3. The summed E-state index contributed by atoms with van der Waals surface area (Å²) in [7, 11) is 0. The van der Waals surface area contributed by atoms with E-state index in [2.05, 4.69) is 18.0 Å². The van der Waals surface area contributed by atoms with E-state index in [0.29, 0.717) is 23.6 Å². The summed E-state index contributed by atoms with van der Waals surface area (Å²) in [5.41, 5.74) is 1.18. The molecule has 3 aromatic rings. The summed E-state index contributed by atoms with van der Waals surface area (Å²) in [6.45, 7) is 4.17. The molecule has 2 aliphatic rings. The lowest BCUT2D eigenvalue weighted by Crippen LogP contribution is -2.42. The smallest absolute Gasteiger partial charge is 0.310 e. The van der Waals surface area contributed by atoms with E-state index >= 15 is 0 Å². The van der Waals surface area contributed by atoms with E-state index in [0.717, 1.165) is 41.5 Å². The average Bonchev–Trinajstić information content (AvgIpc) is 3.30. The SMILES string of the molecule is CCCCCC/C=C\[C@@H]1C[C@]1(CC(=O)[C@@H]1C[C@@H](Oc2nc3ccccc3s2)CN1C(=O)CCc1cc(C)cc(F)c1)C(=O)O. The molecule has 1 saturated heterocycles. The Bertz CT molecular complexity index is 1480. The topological polar surface area (TPSA) is 96.8 Å². The first-order valence-corrected chi connectivity index (χ1v) is 16.5. The molecule has 1 saturated carbocycles. The molecular formula is C35H41FN2O5S. The second kappa shape index (κ2) is 14.0. The Hall–Kier alpha value is -3.59. The number of likely N-dealkylation sites (tertiary alicyclic amines) is 1. The van der Waals surface area contributed by atoms with Gasteiger partial charge in [0, 0.05) is 19.3 Å². The van der Waals surface area contributed by atoms with E-state index in [1.165, 1.54) is 29.9 Å². The third-order valence-electron chi connectivity index (χ3n) is 8.87. The van der Waals surface area contributed by atoms with Crippen molar-refractivity contribution >= 4 is 39.2 Å². The van der Waals surface area contributed by atoms with Crippen molar-refractivity contribution in [1.29, 1.82) is 0 Å². The minimum atomic E-state index is -1.13. The van der Waals surface area contributed by atoms with Crippen LogP contribution in [0.2, 0.25) is 0 Å². The molecule has 1 aliphatic carbocycles. The Balaban J connectivity index is 1.28. The van der Waals surface area contributed by atoms with Gasteiger partial charge in [0.1, 0.15) is 11.9 Å². The summed E-state index contributed by atoms with van der Waals surface area (Å²) in [4.78, 5) is 45.9. The maximum absolute atomic E-state index is 13.9. The quantitative estimate of drug-likeness (QED) is 0.141. The number of carbonyl (C=O) groups is 3. The molecule has 2 heterocycles. The summed E-state index contributed by atoms with van der Waals surface area (Å²) in [5.74, 6) is -1.99. The Morgan fingerprint density at radius 3 is 2.75 bits per heavy atom. The van der Waals surface area contributed by atoms with E-state index in [1.807, 2.05) is 36.4 Å². The predicted octanol–water partition coefficient (Wildman–Crippen LogP) is 7.30. The van der Waals surface area contributed by atoms with Crippen LogP contribution in [-0.2, 0) is 20.8 Å². The van der Waals surface area contributed by atoms with Gasteiger partial charge in [-0.25, -0.2) is 9.37 Å². The number of carbonyl (C=O) groups excluding carboxylic acids is 2. The number of amides is 1. The first-order chi connectivity index (χ1) is 21.2. The van der Waals surface area contributed by atoms with Gasteiger partial charge < -0.3 is 14.7 Å². The van der Waals surface area contributed by atoms with Crippen LogP contribution in [0, 0.1) is 24.1 Å². The Kier molecular flexibility index (Phi) is 10.1. The number of nitrogens with zero attached hydrogens (tertiary/aromatic N) is 2. The van der Waals surface area contributed by atoms with Crippen molar-refractivity contribution in [1.82, 2.24) is 9.88 Å². The number of carboxylic acid groups (broad SMARTS) is 1. The fourth-order valence-corrected chi connectivity index (χ4v) is 7.23. The van der Waals surface area contributed by atoms with Crippen LogP contribution in [0.3, 0.4) is 0 Å². The van der Waals surface area contributed by atoms with Crippen molar-refractivity contribution in [2.75, 3.05) is 6.54 Å². The number of hydrogen-bond acceptors (Lipinski definition) is 6. The molecule has 5 rings (SSSR count). The van der Waals surface area contributed by atoms with Gasteiger partial charge in [0.25, 0.3) is 5.19 Å². The van der Waals surface area contributed by atoms with E-state index in [1.54, 1.807) is 11.8 Å². The van der Waals surface area contributed by atoms with Gasteiger partial charge in [0.15, 0.2) is 5.78 Å². The third kappa shape index (κ3) is 7.54. The molecule has 2 fully saturated rings. The van der Waals surface area contributed by atoms with Crippen LogP contribution in [0.15, 0.2) is 54.6 Å². The molecule has 0 radical (unpaired) electrons. The fraction of sp³-hybridized carbons (Fsp3) is 0.486. The van der Waals surface area contributed by atoms with Crippen molar-refractivity contribution in [3.63, 3.8) is 0 Å². The number of aryl methyl sites for hydroxylation is 2. The van der Waals surface area contributed by atoms with Gasteiger partial charge in [-0.1, -0.05) is 67.9 Å². The molecule has 1 amide bonds. The molecule has 1 aliphatic heterocycles. The monoisotopic (exact) mass is 620 g/mol. The first kappa shape index (κ1) is 31.8. The van der Waals surface area contributed by atoms with E-state index in [9.17, 15) is 23.9 Å². The van der Waals surface area contributed by atoms with Gasteiger partial charge in [-0.3, -0.25) is 14.4 Å². The molecular weight excluding hydrogens is 579 g/mol. The number of hydrogen-bond donors (Lipinski definition) is 1. The minimum Gasteiger partial charge on any atom is -0.481 e. The summed E-state index contributed by atoms with van der Waals surface area (Å²) in [6.07, 6.45) is 10.0. The van der Waals surface area contributed by atoms with Crippen molar-refractivity contribution in [3.8, 4) is 5.19 Å². The van der Waals surface area contributed by atoms with Crippen molar-refractivity contribution in [2.24, 2.45) is 11.3 Å². The van der Waals surface area contributed by atoms with E-state index in [4.69, 9.17) is 4.74 Å². The number of unbranched alkanes of at least 4 members (excludes halogenated alkanes) is 4. The lowest BCUT2D eigenvalue weighted by Gasteiger charge is -2.24. The number of aliphatic carboxylic acids is 1. The van der Waals surface area contributed by atoms with Gasteiger partial charge in [-0.2, -0.15) is 0 Å². The number of allylic oxidation sites excluding steroid dienone is 2. The number of para-hydroxylation sites is 1. The Morgan fingerprint density at radius 2 is 2.00 bits per heavy atom. The Morgan fingerprint density at radius 1 is 1.18 bits per heavy atom. The van der Waals surface area contributed by atoms with Crippen LogP contribution in [0.4, 0.5) is 4.39 Å². The summed E-state index contributed by atoms with van der Waals surface area (Å²) >= 11 is 1.41. The lowest BCUT2D eigenvalue weighted by atomic mass is 9.92. The molecule has 0 spiro atoms. The zero-order valence-corrected chi connectivity index (χ0v) is 26.3. The lowest BCUT2D eigenvalue weighted by molar-refractivity contribution is -0.147. The van der Waals surface area contributed by atoms with Gasteiger partial charge in [0.05, 0.1) is 28.2 Å². The molecule has 9 heteroatoms. The number of ketones is 1. The fourth-order valence-electron chi connectivity index (χ4n) is 6.35. The highest BCUT2D eigenvalue weighted by atomic mass is 32.1. The van der Waals surface area contributed by atoms with Crippen LogP contribution in [0.1, 0.15) is 75.8 Å². The van der Waals surface area contributed by atoms with E-state index in [-0.39, 0.29) is 49.2 Å². The van der Waals surface area contributed by atoms with Crippen molar-refractivity contribution in [3.05, 3.63) is 71.6 Å². The Labute approximate surface area is 262 Å². The normalized spacial score (nSPS) is 23.0. The molecule has 1 aromatic heterocycles. The molecule has 1 N–H and O–H groups in total. The van der Waals surface area contributed by atoms with E-state index < -0.39 is 23.5 Å². The van der Waals surface area contributed by atoms with Crippen LogP contribution in [0.5, 0.6) is 5.19 Å². The predicted molar refractivity (Wildman–Crippen MR) is 169 cm³/mol. The highest BCUT2D eigenvalue weighted by molar-refractivity contribution is 7.20. The number of rotatable bonds is 15. The van der Waals surface area contributed by atoms with Crippen LogP contribution in [0.25, 0.3) is 10.2 Å². The molecule has 0 bridgehead atoms. The number of aromatic nitrogens is 1. The average molecular weight is 621 g/mol. The zero-order chi connectivity index (χ0) is 31.3. The molecule has 4 atom stereocenters. The molecule has 0 unspecified atom stereocenters. The number of thiazole rings is 1. The summed E-state index contributed by atoms with van der Waals surface area (Å²) < 4.78 is 21.1. The summed E-state index contributed by atoms with van der Waals surface area (Å²) in [5, 5.41) is 10.6. The number of ether oxygens (including phenoxy) is 1. The zero-order valence-electron chi connectivity index (χ0n) is 25.5. The molecule has 234 valence electrons. The van der Waals surface area contributed by atoms with Crippen molar-refractivity contribution in [2.45, 2.75) is 90.2 Å². The van der Waals surface area contributed by atoms with Gasteiger partial charge in [0.2, 0.25) is 5.91 Å². The number of carboxylic acids is 1. The van der Waals surface area contributed by atoms with Crippen LogP contribution in [-0.4, -0.2) is 51.3 Å². The first-order valence-electron chi connectivity index (χ1n) is 15.7. The third-order valence-corrected chi connectivity index (χ3v) is 9.80. The van der Waals surface area contributed by atoms with Gasteiger partial charge in [-0.15, -0.1) is 0 Å². The standard InChI is InChI=1S/C35H41FN2O5S/c1-3-4-5-6-7-8-11-25-20-35(25,33(41)42)21-30(39)29-19-27(43-34-37-28-12-9-10-13-31(28)44-34)22-38(29)32(40)15-14-24-16-23(2)17-26(36)18-24/h8-13,16-18,25,27,29H,3-7,14-15,19-22H2,1-2H3,(H,41,42)/b11-8-/t25-,27-,29+,35-/m1/s1. The number of halogens is 1. The summed E-state index contributed by atoms with van der Waals surface area (Å²) in [6, 6.07) is 11.6. The molecule has 44 heavy (non-hydrogen) atoms. The number of fused-ring (bicyclic) bond motifs is 1. The number of Topliss-reactive ketones (excluding diaryl/α,β-unsaturated/α-hetero) is 1. The minimum absolute atomic E-state index is 0.105. The number of benzene rings is 2. The van der Waals surface area contributed by atoms with Crippen molar-refractivity contribution < 1.29 is 28.6 Å². The second-order valence-corrected chi connectivity index (χ2v) is 13.3. The molecule has 7 nitrogen and oxygen atoms in total. The van der Waals surface area contributed by atoms with Crippen LogP contribution < -0.4 is 4.74 Å². The van der Waals surface area contributed by atoms with Gasteiger partial charge in [-0.05, 0) is 73.9 Å².